The summed E-state index contributed by atoms with van der Waals surface area (Å²) in [6.07, 6.45) is 0. The van der Waals surface area contributed by atoms with Crippen LogP contribution in [0.3, 0.4) is 0 Å². The summed E-state index contributed by atoms with van der Waals surface area (Å²) in [6.45, 7) is 4.20. The van der Waals surface area contributed by atoms with E-state index >= 15 is 0 Å². The third kappa shape index (κ3) is 2.93. The average molecular weight is 322 g/mol. The lowest BCUT2D eigenvalue weighted by molar-refractivity contribution is 0.0728. The number of rotatable bonds is 3. The van der Waals surface area contributed by atoms with Gasteiger partial charge in [-0.1, -0.05) is 44.2 Å². The molecular formula is C19H18N2O3. The number of carbonyl (C=O) groups is 1. The predicted octanol–water partition coefficient (Wildman–Crippen LogP) is 3.28. The number of nitrogens with zero attached hydrogens (tertiary/aromatic N) is 2. The lowest BCUT2D eigenvalue weighted by atomic mass is 10.0. The number of fused-ring (bicyclic) bond motifs is 1. The van der Waals surface area contributed by atoms with Gasteiger partial charge >= 0.3 is 5.97 Å². The van der Waals surface area contributed by atoms with Crippen LogP contribution in [0.15, 0.2) is 53.3 Å². The van der Waals surface area contributed by atoms with E-state index in [-0.39, 0.29) is 11.3 Å². The van der Waals surface area contributed by atoms with E-state index in [0.717, 1.165) is 4.68 Å². The van der Waals surface area contributed by atoms with E-state index in [1.807, 2.05) is 12.1 Å². The van der Waals surface area contributed by atoms with E-state index in [9.17, 15) is 9.59 Å². The first-order valence-corrected chi connectivity index (χ1v) is 7.75. The van der Waals surface area contributed by atoms with E-state index in [4.69, 9.17) is 4.74 Å². The number of aryl methyl sites for hydroxylation is 1. The zero-order valence-electron chi connectivity index (χ0n) is 13.8. The molecular weight excluding hydrogens is 304 g/mol. The van der Waals surface area contributed by atoms with Crippen molar-refractivity contribution in [3.63, 3.8) is 0 Å². The van der Waals surface area contributed by atoms with E-state index in [0.29, 0.717) is 22.4 Å². The van der Waals surface area contributed by atoms with Crippen LogP contribution >= 0.6 is 0 Å². The van der Waals surface area contributed by atoms with Crippen LogP contribution < -0.4 is 10.3 Å². The minimum atomic E-state index is -0.584. The van der Waals surface area contributed by atoms with Crippen molar-refractivity contribution in [2.75, 3.05) is 0 Å². The van der Waals surface area contributed by atoms with Crippen molar-refractivity contribution in [3.8, 4) is 5.75 Å². The lowest BCUT2D eigenvalue weighted by Gasteiger charge is -2.09. The molecule has 24 heavy (non-hydrogen) atoms. The second-order valence-corrected chi connectivity index (χ2v) is 5.94. The van der Waals surface area contributed by atoms with Crippen molar-refractivity contribution < 1.29 is 9.53 Å². The monoisotopic (exact) mass is 322 g/mol. The lowest BCUT2D eigenvalue weighted by Crippen LogP contribution is -2.24. The van der Waals surface area contributed by atoms with Crippen LogP contribution in [-0.4, -0.2) is 15.7 Å². The summed E-state index contributed by atoms with van der Waals surface area (Å²) in [4.78, 5) is 24.6. The van der Waals surface area contributed by atoms with Crippen LogP contribution in [0, 0.1) is 0 Å². The predicted molar refractivity (Wildman–Crippen MR) is 92.5 cm³/mol. The molecule has 5 heteroatoms. The smallest absolute Gasteiger partial charge is 0.364 e. The van der Waals surface area contributed by atoms with Crippen LogP contribution in [0.5, 0.6) is 5.75 Å². The van der Waals surface area contributed by atoms with Crippen LogP contribution in [0.1, 0.15) is 35.8 Å². The Labute approximate surface area is 139 Å². The molecule has 0 aliphatic rings. The summed E-state index contributed by atoms with van der Waals surface area (Å²) in [6, 6.07) is 14.3. The number of hydrogen-bond acceptors (Lipinski definition) is 4. The number of hydrogen-bond donors (Lipinski definition) is 0. The first-order chi connectivity index (χ1) is 11.5. The quantitative estimate of drug-likeness (QED) is 0.548. The molecule has 0 saturated carbocycles. The molecule has 3 aromatic rings. The topological polar surface area (TPSA) is 61.2 Å². The first kappa shape index (κ1) is 15.9. The maximum absolute atomic E-state index is 12.5. The van der Waals surface area contributed by atoms with E-state index in [1.54, 1.807) is 36.4 Å². The zero-order chi connectivity index (χ0) is 17.3. The van der Waals surface area contributed by atoms with Crippen molar-refractivity contribution in [1.82, 2.24) is 9.78 Å². The summed E-state index contributed by atoms with van der Waals surface area (Å²) < 4.78 is 6.57. The van der Waals surface area contributed by atoms with Gasteiger partial charge in [-0.05, 0) is 29.7 Å². The number of esters is 1. The second kappa shape index (κ2) is 6.28. The van der Waals surface area contributed by atoms with Gasteiger partial charge in [-0.2, -0.15) is 5.10 Å². The first-order valence-electron chi connectivity index (χ1n) is 7.75. The Bertz CT molecular complexity index is 957. The van der Waals surface area contributed by atoms with Crippen molar-refractivity contribution in [3.05, 3.63) is 70.1 Å². The molecule has 0 unspecified atom stereocenters. The average Bonchev–Trinajstić information content (AvgIpc) is 2.58. The minimum absolute atomic E-state index is 0.126. The fourth-order valence-corrected chi connectivity index (χ4v) is 2.53. The van der Waals surface area contributed by atoms with Crippen molar-refractivity contribution in [2.24, 2.45) is 7.05 Å². The maximum Gasteiger partial charge on any atom is 0.364 e. The normalized spacial score (nSPS) is 11.0. The van der Waals surface area contributed by atoms with Gasteiger partial charge in [0.15, 0.2) is 5.69 Å². The highest BCUT2D eigenvalue weighted by atomic mass is 16.5. The fraction of sp³-hybridized carbons (Fsp3) is 0.211. The molecule has 0 spiro atoms. The molecule has 0 aliphatic heterocycles. The van der Waals surface area contributed by atoms with Gasteiger partial charge in [-0.15, -0.1) is 0 Å². The highest BCUT2D eigenvalue weighted by molar-refractivity contribution is 6.02. The summed E-state index contributed by atoms with van der Waals surface area (Å²) >= 11 is 0. The molecule has 2 aromatic carbocycles. The molecule has 5 nitrogen and oxygen atoms in total. The standard InChI is InChI=1S/C19H18N2O3/c1-12(2)13-8-10-14(11-9-13)24-19(23)17-15-6-4-5-7-16(15)18(22)21(3)20-17/h4-12H,1-3H3. The van der Waals surface area contributed by atoms with Gasteiger partial charge in [0, 0.05) is 12.4 Å². The van der Waals surface area contributed by atoms with Crippen LogP contribution in [-0.2, 0) is 7.05 Å². The fourth-order valence-electron chi connectivity index (χ4n) is 2.53. The Hall–Kier alpha value is -2.95. The van der Waals surface area contributed by atoms with E-state index in [1.165, 1.54) is 12.6 Å². The molecule has 0 N–H and O–H groups in total. The van der Waals surface area contributed by atoms with Crippen molar-refractivity contribution in [1.29, 1.82) is 0 Å². The highest BCUT2D eigenvalue weighted by Crippen LogP contribution is 2.20. The Balaban J connectivity index is 1.97. The van der Waals surface area contributed by atoms with Gasteiger partial charge in [0.2, 0.25) is 0 Å². The van der Waals surface area contributed by atoms with Gasteiger partial charge in [0.1, 0.15) is 5.75 Å². The minimum Gasteiger partial charge on any atom is -0.422 e. The van der Waals surface area contributed by atoms with Crippen LogP contribution in [0.25, 0.3) is 10.8 Å². The summed E-state index contributed by atoms with van der Waals surface area (Å²) in [5.74, 6) is 0.271. The molecule has 0 aliphatic carbocycles. The SMILES string of the molecule is CC(C)c1ccc(OC(=O)c2nn(C)c(=O)c3ccccc23)cc1. The van der Waals surface area contributed by atoms with Gasteiger partial charge in [-0.3, -0.25) is 4.79 Å². The van der Waals surface area contributed by atoms with E-state index in [2.05, 4.69) is 18.9 Å². The zero-order valence-corrected chi connectivity index (χ0v) is 13.8. The summed E-state index contributed by atoms with van der Waals surface area (Å²) in [5.41, 5.74) is 1.05. The molecule has 1 aromatic heterocycles. The van der Waals surface area contributed by atoms with Crippen molar-refractivity contribution >= 4 is 16.7 Å². The molecule has 0 radical (unpaired) electrons. The maximum atomic E-state index is 12.5. The molecule has 0 fully saturated rings. The molecule has 0 bridgehead atoms. The van der Waals surface area contributed by atoms with Gasteiger partial charge in [0.25, 0.3) is 5.56 Å². The van der Waals surface area contributed by atoms with Gasteiger partial charge in [-0.25, -0.2) is 9.48 Å². The Morgan fingerprint density at radius 3 is 2.29 bits per heavy atom. The van der Waals surface area contributed by atoms with Crippen molar-refractivity contribution in [2.45, 2.75) is 19.8 Å². The van der Waals surface area contributed by atoms with Gasteiger partial charge < -0.3 is 4.74 Å². The van der Waals surface area contributed by atoms with Crippen LogP contribution in [0.4, 0.5) is 0 Å². The van der Waals surface area contributed by atoms with Crippen LogP contribution in [0.2, 0.25) is 0 Å². The second-order valence-electron chi connectivity index (χ2n) is 5.94. The Kier molecular flexibility index (Phi) is 4.16. The third-order valence-corrected chi connectivity index (χ3v) is 3.91. The molecule has 1 heterocycles. The largest absolute Gasteiger partial charge is 0.422 e. The van der Waals surface area contributed by atoms with Gasteiger partial charge in [0.05, 0.1) is 5.39 Å². The molecule has 0 amide bonds. The molecule has 0 saturated heterocycles. The molecule has 122 valence electrons. The highest BCUT2D eigenvalue weighted by Gasteiger charge is 2.17. The number of ether oxygens (including phenoxy) is 1. The summed E-state index contributed by atoms with van der Waals surface area (Å²) in [5, 5.41) is 5.00. The molecule has 0 atom stereocenters. The number of aromatic nitrogens is 2. The Morgan fingerprint density at radius 1 is 1.04 bits per heavy atom. The number of carbonyl (C=O) groups excluding carboxylic acids is 1. The summed E-state index contributed by atoms with van der Waals surface area (Å²) in [7, 11) is 1.52. The third-order valence-electron chi connectivity index (χ3n) is 3.91. The number of benzene rings is 2. The van der Waals surface area contributed by atoms with E-state index < -0.39 is 5.97 Å². The molecule has 3 rings (SSSR count). The Morgan fingerprint density at radius 2 is 1.67 bits per heavy atom.